The average molecular weight is 266 g/mol. The van der Waals surface area contributed by atoms with Crippen LogP contribution < -0.4 is 5.84 Å². The van der Waals surface area contributed by atoms with Crippen molar-refractivity contribution in [3.63, 3.8) is 0 Å². The van der Waals surface area contributed by atoms with Crippen LogP contribution in [0.4, 0.5) is 0 Å². The third-order valence-corrected chi connectivity index (χ3v) is 4.18. The van der Waals surface area contributed by atoms with E-state index in [2.05, 4.69) is 64.1 Å². The van der Waals surface area contributed by atoms with Crippen LogP contribution in [0.2, 0.25) is 0 Å². The van der Waals surface area contributed by atoms with Gasteiger partial charge in [0.05, 0.1) is 11.0 Å². The van der Waals surface area contributed by atoms with Crippen molar-refractivity contribution in [2.24, 2.45) is 0 Å². The molecule has 1 aromatic heterocycles. The summed E-state index contributed by atoms with van der Waals surface area (Å²) in [7, 11) is 0. The number of aromatic nitrogens is 1. The minimum atomic E-state index is 0.531. The fraction of sp³-hybridized carbons (Fsp3) is 0.333. The van der Waals surface area contributed by atoms with Gasteiger partial charge in [0.15, 0.2) is 0 Å². The summed E-state index contributed by atoms with van der Waals surface area (Å²) in [6, 6.07) is 13.2. The second-order valence-electron chi connectivity index (χ2n) is 6.23. The molecule has 0 aliphatic rings. The molecule has 2 nitrogen and oxygen atoms in total. The van der Waals surface area contributed by atoms with Gasteiger partial charge >= 0.3 is 0 Å². The predicted molar refractivity (Wildman–Crippen MR) is 87.8 cm³/mol. The van der Waals surface area contributed by atoms with E-state index in [0.717, 1.165) is 11.0 Å². The molecule has 2 heteroatoms. The van der Waals surface area contributed by atoms with Gasteiger partial charge in [0.1, 0.15) is 0 Å². The molecular weight excluding hydrogens is 244 g/mol. The first-order valence-electron chi connectivity index (χ1n) is 7.32. The lowest BCUT2D eigenvalue weighted by atomic mass is 9.98. The summed E-state index contributed by atoms with van der Waals surface area (Å²) in [5, 5.41) is 2.52. The molecule has 0 saturated carbocycles. The number of benzene rings is 2. The Kier molecular flexibility index (Phi) is 2.97. The Labute approximate surface area is 120 Å². The maximum absolute atomic E-state index is 6.24. The van der Waals surface area contributed by atoms with E-state index in [4.69, 9.17) is 5.84 Å². The molecule has 0 spiro atoms. The smallest absolute Gasteiger partial charge is 0.0703 e. The fourth-order valence-electron chi connectivity index (χ4n) is 2.81. The quantitative estimate of drug-likeness (QED) is 0.666. The predicted octanol–water partition coefficient (Wildman–Crippen LogP) is 4.76. The molecule has 0 bridgehead atoms. The Balaban J connectivity index is 2.38. The molecular formula is C18H22N2. The van der Waals surface area contributed by atoms with Crippen molar-refractivity contribution in [2.45, 2.75) is 39.5 Å². The highest BCUT2D eigenvalue weighted by atomic mass is 15.3. The number of nitrogens with zero attached hydrogens (tertiary/aromatic N) is 1. The summed E-state index contributed by atoms with van der Waals surface area (Å²) in [5.74, 6) is 7.31. The van der Waals surface area contributed by atoms with E-state index in [0.29, 0.717) is 11.8 Å². The maximum Gasteiger partial charge on any atom is 0.0703 e. The second-order valence-corrected chi connectivity index (χ2v) is 6.23. The Morgan fingerprint density at radius 2 is 1.15 bits per heavy atom. The number of rotatable bonds is 2. The van der Waals surface area contributed by atoms with E-state index in [1.807, 2.05) is 0 Å². The van der Waals surface area contributed by atoms with E-state index < -0.39 is 0 Å². The maximum atomic E-state index is 6.24. The van der Waals surface area contributed by atoms with Crippen molar-refractivity contribution in [3.05, 3.63) is 47.5 Å². The van der Waals surface area contributed by atoms with Gasteiger partial charge in [-0.2, -0.15) is 0 Å². The normalized spacial score (nSPS) is 12.1. The van der Waals surface area contributed by atoms with Crippen molar-refractivity contribution in [2.75, 3.05) is 5.84 Å². The van der Waals surface area contributed by atoms with Gasteiger partial charge in [-0.3, -0.25) is 4.68 Å². The molecule has 0 amide bonds. The van der Waals surface area contributed by atoms with Crippen molar-refractivity contribution < 1.29 is 0 Å². The van der Waals surface area contributed by atoms with Crippen molar-refractivity contribution in [1.29, 1.82) is 0 Å². The number of nitrogens with two attached hydrogens (primary N) is 1. The SMILES string of the molecule is CC(C)c1ccc2c(c1)c1cc(C(C)C)ccc1n2N. The zero-order valence-electron chi connectivity index (χ0n) is 12.6. The largest absolute Gasteiger partial charge is 0.339 e. The van der Waals surface area contributed by atoms with Gasteiger partial charge in [0, 0.05) is 10.8 Å². The number of fused-ring (bicyclic) bond motifs is 3. The Morgan fingerprint density at radius 3 is 1.50 bits per heavy atom. The van der Waals surface area contributed by atoms with Crippen LogP contribution in [0.5, 0.6) is 0 Å². The van der Waals surface area contributed by atoms with E-state index in [1.165, 1.54) is 21.9 Å². The molecule has 0 fully saturated rings. The van der Waals surface area contributed by atoms with E-state index in [1.54, 1.807) is 4.68 Å². The molecule has 0 aliphatic heterocycles. The minimum Gasteiger partial charge on any atom is -0.339 e. The topological polar surface area (TPSA) is 30.9 Å². The van der Waals surface area contributed by atoms with Gasteiger partial charge in [-0.15, -0.1) is 0 Å². The first kappa shape index (κ1) is 13.0. The first-order chi connectivity index (χ1) is 9.49. The van der Waals surface area contributed by atoms with Crippen LogP contribution in [0.3, 0.4) is 0 Å². The van der Waals surface area contributed by atoms with Crippen LogP contribution in [0.1, 0.15) is 50.7 Å². The Morgan fingerprint density at radius 1 is 0.750 bits per heavy atom. The molecule has 3 aromatic rings. The Bertz CT molecular complexity index is 714. The zero-order valence-corrected chi connectivity index (χ0v) is 12.6. The molecule has 0 saturated heterocycles. The standard InChI is InChI=1S/C18H22N2/c1-11(2)13-5-7-17-15(9-13)16-10-14(12(3)4)6-8-18(16)20(17)19/h5-12H,19H2,1-4H3. The van der Waals surface area contributed by atoms with Crippen LogP contribution in [0.15, 0.2) is 36.4 Å². The highest BCUT2D eigenvalue weighted by molar-refractivity contribution is 6.08. The number of nitrogen functional groups attached to an aromatic ring is 1. The summed E-state index contributed by atoms with van der Waals surface area (Å²) in [4.78, 5) is 0. The van der Waals surface area contributed by atoms with Crippen LogP contribution >= 0.6 is 0 Å². The highest BCUT2D eigenvalue weighted by Crippen LogP contribution is 2.32. The summed E-state index contributed by atoms with van der Waals surface area (Å²) >= 11 is 0. The zero-order chi connectivity index (χ0) is 14.4. The lowest BCUT2D eigenvalue weighted by Crippen LogP contribution is -2.06. The van der Waals surface area contributed by atoms with E-state index >= 15 is 0 Å². The molecule has 0 atom stereocenters. The van der Waals surface area contributed by atoms with Gasteiger partial charge in [0.25, 0.3) is 0 Å². The number of hydrogen-bond donors (Lipinski definition) is 1. The third kappa shape index (κ3) is 1.87. The van der Waals surface area contributed by atoms with Gasteiger partial charge in [-0.1, -0.05) is 39.8 Å². The Hall–Kier alpha value is -1.96. The third-order valence-electron chi connectivity index (χ3n) is 4.18. The summed E-state index contributed by atoms with van der Waals surface area (Å²) < 4.78 is 1.80. The van der Waals surface area contributed by atoms with E-state index in [-0.39, 0.29) is 0 Å². The molecule has 2 aromatic carbocycles. The van der Waals surface area contributed by atoms with E-state index in [9.17, 15) is 0 Å². The summed E-state index contributed by atoms with van der Waals surface area (Å²) in [6.45, 7) is 8.90. The molecule has 20 heavy (non-hydrogen) atoms. The van der Waals surface area contributed by atoms with Crippen LogP contribution in [-0.2, 0) is 0 Å². The van der Waals surface area contributed by atoms with Gasteiger partial charge in [-0.05, 0) is 47.2 Å². The van der Waals surface area contributed by atoms with Gasteiger partial charge < -0.3 is 5.84 Å². The molecule has 0 aliphatic carbocycles. The molecule has 1 heterocycles. The van der Waals surface area contributed by atoms with Crippen LogP contribution in [-0.4, -0.2) is 4.68 Å². The monoisotopic (exact) mass is 266 g/mol. The van der Waals surface area contributed by atoms with Gasteiger partial charge in [0.2, 0.25) is 0 Å². The van der Waals surface area contributed by atoms with Crippen molar-refractivity contribution in [3.8, 4) is 0 Å². The lowest BCUT2D eigenvalue weighted by Gasteiger charge is -2.06. The highest BCUT2D eigenvalue weighted by Gasteiger charge is 2.12. The first-order valence-corrected chi connectivity index (χ1v) is 7.32. The average Bonchev–Trinajstić information content (AvgIpc) is 2.71. The summed E-state index contributed by atoms with van der Waals surface area (Å²) in [5.41, 5.74) is 4.93. The molecule has 3 rings (SSSR count). The van der Waals surface area contributed by atoms with Crippen LogP contribution in [0, 0.1) is 0 Å². The fourth-order valence-corrected chi connectivity index (χ4v) is 2.81. The van der Waals surface area contributed by atoms with Gasteiger partial charge in [-0.25, -0.2) is 0 Å². The minimum absolute atomic E-state index is 0.531. The second kappa shape index (κ2) is 4.55. The van der Waals surface area contributed by atoms with Crippen LogP contribution in [0.25, 0.3) is 21.8 Å². The molecule has 0 radical (unpaired) electrons. The van der Waals surface area contributed by atoms with Crippen molar-refractivity contribution >= 4 is 21.8 Å². The summed E-state index contributed by atoms with van der Waals surface area (Å²) in [6.07, 6.45) is 0. The molecule has 2 N–H and O–H groups in total. The lowest BCUT2D eigenvalue weighted by molar-refractivity contribution is 0.868. The molecule has 0 unspecified atom stereocenters. The molecule has 104 valence electrons. The van der Waals surface area contributed by atoms with Crippen molar-refractivity contribution in [1.82, 2.24) is 4.68 Å². The number of hydrogen-bond acceptors (Lipinski definition) is 1.